The Kier molecular flexibility index (Phi) is 21.0. The third kappa shape index (κ3) is 16.9. The van der Waals surface area contributed by atoms with Gasteiger partial charge < -0.3 is 31.9 Å². The van der Waals surface area contributed by atoms with E-state index in [0.29, 0.717) is 53.3 Å². The van der Waals surface area contributed by atoms with Crippen LogP contribution in [0.2, 0.25) is 20.1 Å². The van der Waals surface area contributed by atoms with E-state index >= 15 is 0 Å². The van der Waals surface area contributed by atoms with E-state index in [1.165, 1.54) is 22.7 Å². The first-order valence-corrected chi connectivity index (χ1v) is 23.5. The highest BCUT2D eigenvalue weighted by Gasteiger charge is 2.23. The molecule has 19 heteroatoms. The van der Waals surface area contributed by atoms with E-state index < -0.39 is 35.2 Å². The van der Waals surface area contributed by atoms with Crippen molar-refractivity contribution in [2.24, 2.45) is 17.6 Å². The maximum absolute atomic E-state index is 12.4. The maximum Gasteiger partial charge on any atom is 0.328 e. The number of halogens is 5. The van der Waals surface area contributed by atoms with Crippen LogP contribution in [0, 0.1) is 11.8 Å². The second kappa shape index (κ2) is 25.8. The Hall–Kier alpha value is -4.77. The number of thiazole rings is 2. The Labute approximate surface area is 410 Å². The number of nitrogens with one attached hydrogen (secondary N) is 3. The molecule has 7 N–H and O–H groups in total. The Morgan fingerprint density at radius 2 is 1.05 bits per heavy atom. The van der Waals surface area contributed by atoms with Crippen LogP contribution in [0.5, 0.6) is 0 Å². The van der Waals surface area contributed by atoms with Crippen LogP contribution in [-0.4, -0.2) is 68.4 Å². The predicted octanol–water partition coefficient (Wildman–Crippen LogP) is 11.8. The molecule has 0 bridgehead atoms. The zero-order valence-electron chi connectivity index (χ0n) is 35.6. The lowest BCUT2D eigenvalue weighted by Gasteiger charge is -2.15. The minimum atomic E-state index is -1.13. The lowest BCUT2D eigenvalue weighted by atomic mass is 10.0. The van der Waals surface area contributed by atoms with Gasteiger partial charge in [0, 0.05) is 45.1 Å². The molecule has 0 saturated heterocycles. The number of carboxylic acids is 2. The van der Waals surface area contributed by atoms with Crippen molar-refractivity contribution in [1.29, 1.82) is 0 Å². The van der Waals surface area contributed by atoms with Gasteiger partial charge in [0.25, 0.3) is 11.1 Å². The van der Waals surface area contributed by atoms with Crippen molar-refractivity contribution in [2.45, 2.75) is 52.6 Å². The minimum Gasteiger partial charge on any atom is -0.480 e. The van der Waals surface area contributed by atoms with Crippen molar-refractivity contribution in [3.63, 3.8) is 0 Å². The smallest absolute Gasteiger partial charge is 0.328 e. The first-order chi connectivity index (χ1) is 30.8. The molecule has 65 heavy (non-hydrogen) atoms. The molecule has 0 aliphatic carbocycles. The fourth-order valence-corrected chi connectivity index (χ4v) is 8.81. The van der Waals surface area contributed by atoms with Gasteiger partial charge in [0.2, 0.25) is 0 Å². The number of rotatable bonds is 17. The molecule has 2 heterocycles. The van der Waals surface area contributed by atoms with Gasteiger partial charge in [-0.15, -0.1) is 22.7 Å². The Morgan fingerprint density at radius 1 is 0.615 bits per heavy atom. The largest absolute Gasteiger partial charge is 0.480 e. The zero-order chi connectivity index (χ0) is 47.8. The van der Waals surface area contributed by atoms with Crippen LogP contribution in [0.3, 0.4) is 0 Å². The van der Waals surface area contributed by atoms with Crippen LogP contribution in [0.15, 0.2) is 97.1 Å². The van der Waals surface area contributed by atoms with Crippen molar-refractivity contribution in [1.82, 2.24) is 15.3 Å². The molecule has 0 aliphatic heterocycles. The van der Waals surface area contributed by atoms with Crippen LogP contribution >= 0.6 is 80.7 Å². The minimum absolute atomic E-state index is 0.0106. The average Bonchev–Trinajstić information content (AvgIpc) is 3.86. The Morgan fingerprint density at radius 3 is 1.42 bits per heavy atom. The highest BCUT2D eigenvalue weighted by molar-refractivity contribution is 7.16. The van der Waals surface area contributed by atoms with E-state index in [9.17, 15) is 24.3 Å². The van der Waals surface area contributed by atoms with Gasteiger partial charge in [-0.2, -0.15) is 0 Å². The summed E-state index contributed by atoms with van der Waals surface area (Å²) in [6.07, 6.45) is 1.67. The van der Waals surface area contributed by atoms with Crippen molar-refractivity contribution in [2.75, 3.05) is 23.7 Å². The fraction of sp³-hybridized carbons (Fsp3) is 0.261. The molecule has 6 aromatic rings. The summed E-state index contributed by atoms with van der Waals surface area (Å²) in [7, 11) is 0. The molecule has 6 rings (SSSR count). The highest BCUT2D eigenvalue weighted by atomic mass is 35.5. The molecule has 0 spiro atoms. The van der Waals surface area contributed by atoms with E-state index in [2.05, 4.69) is 53.6 Å². The first-order valence-electron chi connectivity index (χ1n) is 20.0. The van der Waals surface area contributed by atoms with Crippen molar-refractivity contribution in [3.05, 3.63) is 138 Å². The van der Waals surface area contributed by atoms with Crippen molar-refractivity contribution >= 4 is 114 Å². The Bertz CT molecular complexity index is 2540. The third-order valence-electron chi connectivity index (χ3n) is 8.86. The number of nitrogens with two attached hydrogens (primary N) is 1. The van der Waals surface area contributed by atoms with Crippen LogP contribution < -0.4 is 21.7 Å². The molecule has 4 aromatic carbocycles. The quantitative estimate of drug-likeness (QED) is 0.0476. The normalized spacial score (nSPS) is 11.7. The van der Waals surface area contributed by atoms with E-state index in [1.54, 1.807) is 78.9 Å². The van der Waals surface area contributed by atoms with Gasteiger partial charge in [0.1, 0.15) is 12.1 Å². The molecule has 2 atom stereocenters. The molecule has 0 radical (unpaired) electrons. The molecular formula is C46H47Cl5N6O6S2. The number of aliphatic carboxylic acids is 2. The lowest BCUT2D eigenvalue weighted by Crippen LogP contribution is -2.45. The number of carboxylic acid groups (broad SMARTS) is 2. The van der Waals surface area contributed by atoms with Crippen molar-refractivity contribution < 1.29 is 29.4 Å². The number of hydrogen-bond acceptors (Lipinski definition) is 11. The molecule has 344 valence electrons. The second-order valence-electron chi connectivity index (χ2n) is 15.1. The number of hydrogen-bond donors (Lipinski definition) is 6. The van der Waals surface area contributed by atoms with Crippen LogP contribution in [-0.2, 0) is 22.4 Å². The topological polar surface area (TPSA) is 197 Å². The lowest BCUT2D eigenvalue weighted by molar-refractivity contribution is -0.139. The number of anilines is 2. The fourth-order valence-electron chi connectivity index (χ4n) is 5.69. The number of benzene rings is 4. The van der Waals surface area contributed by atoms with E-state index in [-0.39, 0.29) is 13.1 Å². The molecular weight excluding hydrogens is 974 g/mol. The Balaban J connectivity index is 0.000000245. The van der Waals surface area contributed by atoms with Gasteiger partial charge in [-0.25, -0.2) is 14.8 Å². The van der Waals surface area contributed by atoms with Gasteiger partial charge in [0.05, 0.1) is 31.5 Å². The molecule has 12 nitrogen and oxygen atoms in total. The molecule has 0 aliphatic rings. The number of amides is 1. The van der Waals surface area contributed by atoms with Gasteiger partial charge in [-0.05, 0) is 72.7 Å². The highest BCUT2D eigenvalue weighted by Crippen LogP contribution is 2.37. The predicted molar refractivity (Wildman–Crippen MR) is 267 cm³/mol. The van der Waals surface area contributed by atoms with Gasteiger partial charge in [-0.1, -0.05) is 135 Å². The summed E-state index contributed by atoms with van der Waals surface area (Å²) in [6.45, 7) is 8.60. The second-order valence-corrected chi connectivity index (χ2v) is 19.3. The monoisotopic (exact) mass is 1020 g/mol. The van der Waals surface area contributed by atoms with E-state index in [0.717, 1.165) is 45.1 Å². The van der Waals surface area contributed by atoms with Crippen molar-refractivity contribution in [3.8, 4) is 22.5 Å². The summed E-state index contributed by atoms with van der Waals surface area (Å²) in [5, 5.41) is 29.7. The van der Waals surface area contributed by atoms with E-state index in [4.69, 9.17) is 68.8 Å². The molecule has 0 fully saturated rings. The standard InChI is InChI=1S/C23H23Cl2N3O3S.C16H19Cl2N3O2S.C7H5ClO/c1-13(2)10-19-20(15-8-9-16(24)17(25)11-15)28-23(32-19)26-12-18(22(30)31)27-21(29)14-6-4-3-5-7-14;1-8(2)5-13-14(9-3-4-10(17)11(18)6-9)21-16(24-13)20-7-12(19)15(22)23;8-7(9)6-4-2-1-3-5-6/h3-9,11,13,18H,10,12H2,1-2H3,(H,26,28)(H,27,29)(H,30,31);3-4,6,8,12H,5,7,19H2,1-2H3,(H,20,21)(H,22,23);1-5H. The number of nitrogens with zero attached hydrogens (tertiary/aromatic N) is 2. The number of carbonyl (C=O) groups is 4. The summed E-state index contributed by atoms with van der Waals surface area (Å²) >= 11 is 32.4. The summed E-state index contributed by atoms with van der Waals surface area (Å²) in [5.74, 6) is -1.77. The average molecular weight is 1020 g/mol. The summed E-state index contributed by atoms with van der Waals surface area (Å²) in [4.78, 5) is 56.7. The maximum atomic E-state index is 12.4. The summed E-state index contributed by atoms with van der Waals surface area (Å²) < 4.78 is 0. The SMILES string of the molecule is CC(C)Cc1sc(NCC(N)C(=O)O)nc1-c1ccc(Cl)c(Cl)c1.CC(C)Cc1sc(NCC(NC(=O)c2ccccc2)C(=O)O)nc1-c1ccc(Cl)c(Cl)c1.O=C(Cl)c1ccccc1. The van der Waals surface area contributed by atoms with Gasteiger partial charge in [-0.3, -0.25) is 14.4 Å². The molecule has 1 amide bonds. The first kappa shape index (κ1) is 52.9. The van der Waals surface area contributed by atoms with E-state index in [1.807, 2.05) is 18.2 Å². The third-order valence-corrected chi connectivity index (χ3v) is 12.6. The summed E-state index contributed by atoms with van der Waals surface area (Å²) in [5.41, 5.74) is 9.79. The summed E-state index contributed by atoms with van der Waals surface area (Å²) in [6, 6.07) is 25.9. The van der Waals surface area contributed by atoms with Gasteiger partial charge >= 0.3 is 11.9 Å². The van der Waals surface area contributed by atoms with Crippen LogP contribution in [0.1, 0.15) is 58.2 Å². The number of carbonyl (C=O) groups excluding carboxylic acids is 2. The zero-order valence-corrected chi connectivity index (χ0v) is 41.0. The number of aromatic nitrogens is 2. The molecule has 0 saturated carbocycles. The van der Waals surface area contributed by atoms with Gasteiger partial charge in [0.15, 0.2) is 10.3 Å². The molecule has 2 unspecified atom stereocenters. The molecule has 2 aromatic heterocycles. The van der Waals surface area contributed by atoms with Crippen LogP contribution in [0.4, 0.5) is 10.3 Å². The van der Waals surface area contributed by atoms with Crippen LogP contribution in [0.25, 0.3) is 22.5 Å².